The Kier molecular flexibility index (Phi) is 4.70. The first-order chi connectivity index (χ1) is 5.25. The van der Waals surface area contributed by atoms with Gasteiger partial charge in [0.15, 0.2) is 5.69 Å². The smallest absolute Gasteiger partial charge is 0.360 e. The maximum atomic E-state index is 10.9. The highest BCUT2D eigenvalue weighted by Crippen LogP contribution is 2.10. The number of nitrogens with zero attached hydrogens (tertiary/aromatic N) is 1. The van der Waals surface area contributed by atoms with Crippen LogP contribution in [-0.4, -0.2) is 22.5 Å². The zero-order chi connectivity index (χ0) is 8.27. The lowest BCUT2D eigenvalue weighted by Crippen LogP contribution is -2.05. The van der Waals surface area contributed by atoms with Crippen molar-refractivity contribution in [1.82, 2.24) is 9.97 Å². The summed E-state index contributed by atoms with van der Waals surface area (Å²) in [5.41, 5.74) is 0.133. The SMILES string of the molecule is CCOC(=O)c1nc[nH]c1Cl.Cl. The molecule has 0 bridgehead atoms. The number of carbonyl (C=O) groups is 1. The summed E-state index contributed by atoms with van der Waals surface area (Å²) in [5.74, 6) is -0.501. The molecule has 0 aliphatic rings. The van der Waals surface area contributed by atoms with Crippen LogP contribution in [0.5, 0.6) is 0 Å². The Bertz CT molecular complexity index is 262. The lowest BCUT2D eigenvalue weighted by atomic mass is 10.5. The summed E-state index contributed by atoms with van der Waals surface area (Å²) in [7, 11) is 0. The summed E-state index contributed by atoms with van der Waals surface area (Å²) >= 11 is 5.55. The number of ether oxygens (including phenoxy) is 1. The zero-order valence-corrected chi connectivity index (χ0v) is 7.91. The molecule has 0 aromatic carbocycles. The van der Waals surface area contributed by atoms with E-state index in [-0.39, 0.29) is 23.3 Å². The van der Waals surface area contributed by atoms with E-state index in [1.807, 2.05) is 0 Å². The summed E-state index contributed by atoms with van der Waals surface area (Å²) in [6.07, 6.45) is 1.34. The van der Waals surface area contributed by atoms with Gasteiger partial charge in [-0.2, -0.15) is 0 Å². The Morgan fingerprint density at radius 2 is 2.50 bits per heavy atom. The van der Waals surface area contributed by atoms with Crippen LogP contribution in [0.25, 0.3) is 0 Å². The lowest BCUT2D eigenvalue weighted by molar-refractivity contribution is 0.0520. The van der Waals surface area contributed by atoms with Crippen LogP contribution in [0.3, 0.4) is 0 Å². The number of nitrogens with one attached hydrogen (secondary N) is 1. The molecule has 68 valence electrons. The number of H-pyrrole nitrogens is 1. The van der Waals surface area contributed by atoms with Crippen LogP contribution in [0.1, 0.15) is 17.4 Å². The van der Waals surface area contributed by atoms with Gasteiger partial charge in [0.25, 0.3) is 0 Å². The van der Waals surface area contributed by atoms with Gasteiger partial charge in [-0.1, -0.05) is 11.6 Å². The summed E-state index contributed by atoms with van der Waals surface area (Å²) in [6.45, 7) is 2.04. The minimum atomic E-state index is -0.501. The standard InChI is InChI=1S/C6H7ClN2O2.ClH/c1-2-11-6(10)4-5(7)9-3-8-4;/h3H,2H2,1H3,(H,8,9);1H. The monoisotopic (exact) mass is 210 g/mol. The van der Waals surface area contributed by atoms with Gasteiger partial charge in [-0.3, -0.25) is 0 Å². The third-order valence-electron chi connectivity index (χ3n) is 1.06. The average Bonchev–Trinajstić information content (AvgIpc) is 2.36. The predicted molar refractivity (Wildman–Crippen MR) is 46.8 cm³/mol. The van der Waals surface area contributed by atoms with Crippen molar-refractivity contribution in [1.29, 1.82) is 0 Å². The summed E-state index contributed by atoms with van der Waals surface area (Å²) < 4.78 is 4.66. The Labute approximate surface area is 80.7 Å². The maximum absolute atomic E-state index is 10.9. The maximum Gasteiger partial charge on any atom is 0.360 e. The van der Waals surface area contributed by atoms with E-state index in [1.54, 1.807) is 6.92 Å². The van der Waals surface area contributed by atoms with Crippen LogP contribution < -0.4 is 0 Å². The zero-order valence-electron chi connectivity index (χ0n) is 6.33. The highest BCUT2D eigenvalue weighted by molar-refractivity contribution is 6.32. The Balaban J connectivity index is 0.00000121. The highest BCUT2D eigenvalue weighted by atomic mass is 35.5. The second-order valence-electron chi connectivity index (χ2n) is 1.79. The number of rotatable bonds is 2. The molecule has 1 aromatic rings. The number of esters is 1. The molecule has 0 atom stereocenters. The van der Waals surface area contributed by atoms with Gasteiger partial charge in [-0.25, -0.2) is 9.78 Å². The Morgan fingerprint density at radius 1 is 1.83 bits per heavy atom. The van der Waals surface area contributed by atoms with Crippen molar-refractivity contribution in [2.45, 2.75) is 6.92 Å². The van der Waals surface area contributed by atoms with Crippen molar-refractivity contribution in [2.75, 3.05) is 6.61 Å². The summed E-state index contributed by atoms with van der Waals surface area (Å²) in [4.78, 5) is 17.2. The fraction of sp³-hybridized carbons (Fsp3) is 0.333. The second kappa shape index (κ2) is 5.00. The van der Waals surface area contributed by atoms with Gasteiger partial charge < -0.3 is 9.72 Å². The van der Waals surface area contributed by atoms with E-state index in [9.17, 15) is 4.79 Å². The van der Waals surface area contributed by atoms with E-state index < -0.39 is 5.97 Å². The third kappa shape index (κ3) is 2.39. The first-order valence-corrected chi connectivity index (χ1v) is 3.49. The van der Waals surface area contributed by atoms with Gasteiger partial charge in [0.05, 0.1) is 12.9 Å². The molecule has 1 heterocycles. The third-order valence-corrected chi connectivity index (χ3v) is 1.35. The number of hydrogen-bond donors (Lipinski definition) is 1. The molecule has 12 heavy (non-hydrogen) atoms. The normalized spacial score (nSPS) is 8.83. The van der Waals surface area contributed by atoms with Gasteiger partial charge in [0, 0.05) is 0 Å². The van der Waals surface area contributed by atoms with Crippen LogP contribution in [0.2, 0.25) is 5.15 Å². The quantitative estimate of drug-likeness (QED) is 0.756. The van der Waals surface area contributed by atoms with Crippen molar-refractivity contribution in [3.63, 3.8) is 0 Å². The minimum Gasteiger partial charge on any atom is -0.461 e. The molecule has 6 heteroatoms. The van der Waals surface area contributed by atoms with E-state index >= 15 is 0 Å². The van der Waals surface area contributed by atoms with Gasteiger partial charge in [-0.05, 0) is 6.92 Å². The number of hydrogen-bond acceptors (Lipinski definition) is 3. The summed E-state index contributed by atoms with van der Waals surface area (Å²) in [5, 5.41) is 0.212. The number of halogens is 2. The molecule has 0 spiro atoms. The van der Waals surface area contributed by atoms with Crippen molar-refractivity contribution < 1.29 is 9.53 Å². The molecule has 1 aromatic heterocycles. The molecule has 1 N–H and O–H groups in total. The first-order valence-electron chi connectivity index (χ1n) is 3.11. The van der Waals surface area contributed by atoms with Crippen LogP contribution in [-0.2, 0) is 4.74 Å². The molecular weight excluding hydrogens is 203 g/mol. The van der Waals surface area contributed by atoms with E-state index in [1.165, 1.54) is 6.33 Å². The van der Waals surface area contributed by atoms with E-state index in [0.717, 1.165) is 0 Å². The average molecular weight is 211 g/mol. The van der Waals surface area contributed by atoms with Crippen LogP contribution in [0.15, 0.2) is 6.33 Å². The molecule has 0 aliphatic heterocycles. The molecule has 0 radical (unpaired) electrons. The largest absolute Gasteiger partial charge is 0.461 e. The minimum absolute atomic E-state index is 0. The topological polar surface area (TPSA) is 55.0 Å². The number of carbonyl (C=O) groups excluding carboxylic acids is 1. The van der Waals surface area contributed by atoms with Gasteiger partial charge in [0.2, 0.25) is 0 Å². The molecule has 0 amide bonds. The number of aromatic nitrogens is 2. The molecule has 1 rings (SSSR count). The Hall–Kier alpha value is -0.740. The van der Waals surface area contributed by atoms with Crippen molar-refractivity contribution in [2.24, 2.45) is 0 Å². The van der Waals surface area contributed by atoms with Gasteiger partial charge >= 0.3 is 5.97 Å². The fourth-order valence-electron chi connectivity index (χ4n) is 0.620. The lowest BCUT2D eigenvalue weighted by Gasteiger charge is -1.96. The Morgan fingerprint density at radius 3 is 2.92 bits per heavy atom. The molecule has 0 saturated carbocycles. The fourth-order valence-corrected chi connectivity index (χ4v) is 0.795. The highest BCUT2D eigenvalue weighted by Gasteiger charge is 2.13. The molecule has 0 aliphatic carbocycles. The predicted octanol–water partition coefficient (Wildman–Crippen LogP) is 1.66. The van der Waals surface area contributed by atoms with E-state index in [2.05, 4.69) is 14.7 Å². The van der Waals surface area contributed by atoms with E-state index in [4.69, 9.17) is 11.6 Å². The van der Waals surface area contributed by atoms with Crippen LogP contribution in [0, 0.1) is 0 Å². The number of aromatic amines is 1. The molecule has 4 nitrogen and oxygen atoms in total. The summed E-state index contributed by atoms with van der Waals surface area (Å²) in [6, 6.07) is 0. The van der Waals surface area contributed by atoms with Crippen molar-refractivity contribution >= 4 is 30.0 Å². The molecular formula is C6H8Cl2N2O2. The van der Waals surface area contributed by atoms with Crippen LogP contribution in [0.4, 0.5) is 0 Å². The van der Waals surface area contributed by atoms with Gasteiger partial charge in [-0.15, -0.1) is 12.4 Å². The molecule has 0 unspecified atom stereocenters. The van der Waals surface area contributed by atoms with E-state index in [0.29, 0.717) is 6.61 Å². The van der Waals surface area contributed by atoms with Crippen molar-refractivity contribution in [3.05, 3.63) is 17.2 Å². The second-order valence-corrected chi connectivity index (χ2v) is 2.16. The molecule has 0 fully saturated rings. The number of imidazole rings is 1. The van der Waals surface area contributed by atoms with Gasteiger partial charge in [0.1, 0.15) is 5.15 Å². The first kappa shape index (κ1) is 11.3. The van der Waals surface area contributed by atoms with Crippen molar-refractivity contribution in [3.8, 4) is 0 Å². The van der Waals surface area contributed by atoms with Crippen LogP contribution >= 0.6 is 24.0 Å². The molecule has 0 saturated heterocycles.